The van der Waals surface area contributed by atoms with E-state index in [1.165, 1.54) is 0 Å². The van der Waals surface area contributed by atoms with Crippen molar-refractivity contribution in [1.29, 1.82) is 0 Å². The van der Waals surface area contributed by atoms with Crippen molar-refractivity contribution in [3.63, 3.8) is 0 Å². The highest BCUT2D eigenvalue weighted by Gasteiger charge is 2.17. The van der Waals surface area contributed by atoms with Gasteiger partial charge in [-0.05, 0) is 61.4 Å². The number of carbonyl (C=O) groups excluding carboxylic acids is 1. The number of anilines is 1. The Kier molecular flexibility index (Phi) is 4.30. The SMILES string of the molecule is Cc1ccc(C(=O)Nc2ccccc2-c2nc(-c3ccco3)no2)cc1C. The van der Waals surface area contributed by atoms with Gasteiger partial charge in [-0.1, -0.05) is 23.4 Å². The van der Waals surface area contributed by atoms with Gasteiger partial charge < -0.3 is 14.3 Å². The molecule has 0 aliphatic heterocycles. The van der Waals surface area contributed by atoms with Crippen LogP contribution in [0.2, 0.25) is 0 Å². The summed E-state index contributed by atoms with van der Waals surface area (Å²) in [6.45, 7) is 3.99. The zero-order valence-electron chi connectivity index (χ0n) is 14.9. The molecule has 2 heterocycles. The van der Waals surface area contributed by atoms with Crippen LogP contribution in [0, 0.1) is 13.8 Å². The Morgan fingerprint density at radius 3 is 2.63 bits per heavy atom. The summed E-state index contributed by atoms with van der Waals surface area (Å²) in [7, 11) is 0. The minimum Gasteiger partial charge on any atom is -0.461 e. The van der Waals surface area contributed by atoms with Crippen molar-refractivity contribution in [3.05, 3.63) is 77.6 Å². The first kappa shape index (κ1) is 16.8. The number of nitrogens with one attached hydrogen (secondary N) is 1. The number of aromatic nitrogens is 2. The summed E-state index contributed by atoms with van der Waals surface area (Å²) in [5.41, 5.74) is 4.03. The van der Waals surface area contributed by atoms with E-state index < -0.39 is 0 Å². The monoisotopic (exact) mass is 359 g/mol. The summed E-state index contributed by atoms with van der Waals surface area (Å²) >= 11 is 0. The Bertz CT molecular complexity index is 1100. The lowest BCUT2D eigenvalue weighted by atomic mass is 10.1. The van der Waals surface area contributed by atoms with Gasteiger partial charge >= 0.3 is 0 Å². The summed E-state index contributed by atoms with van der Waals surface area (Å²) in [4.78, 5) is 17.0. The fourth-order valence-electron chi connectivity index (χ4n) is 2.69. The van der Waals surface area contributed by atoms with Gasteiger partial charge in [0.15, 0.2) is 5.76 Å². The average molecular weight is 359 g/mol. The van der Waals surface area contributed by atoms with Crippen LogP contribution in [0.25, 0.3) is 23.0 Å². The van der Waals surface area contributed by atoms with E-state index in [0.29, 0.717) is 34.3 Å². The molecule has 0 saturated carbocycles. The minimum absolute atomic E-state index is 0.198. The van der Waals surface area contributed by atoms with Crippen LogP contribution in [0.1, 0.15) is 21.5 Å². The second-order valence-corrected chi connectivity index (χ2v) is 6.20. The fourth-order valence-corrected chi connectivity index (χ4v) is 2.69. The Balaban J connectivity index is 1.63. The molecule has 0 fully saturated rings. The maximum absolute atomic E-state index is 12.7. The largest absolute Gasteiger partial charge is 0.461 e. The van der Waals surface area contributed by atoms with Gasteiger partial charge in [0, 0.05) is 5.56 Å². The molecule has 4 aromatic rings. The molecule has 0 bridgehead atoms. The molecule has 1 amide bonds. The van der Waals surface area contributed by atoms with E-state index in [0.717, 1.165) is 11.1 Å². The van der Waals surface area contributed by atoms with Crippen LogP contribution >= 0.6 is 0 Å². The molecule has 0 aliphatic carbocycles. The maximum Gasteiger partial charge on any atom is 0.260 e. The predicted molar refractivity (Wildman–Crippen MR) is 101 cm³/mol. The molecule has 6 nitrogen and oxygen atoms in total. The Labute approximate surface area is 155 Å². The molecule has 0 unspecified atom stereocenters. The number of aryl methyl sites for hydroxylation is 2. The molecule has 0 atom stereocenters. The van der Waals surface area contributed by atoms with E-state index in [1.807, 2.05) is 50.2 Å². The van der Waals surface area contributed by atoms with E-state index in [2.05, 4.69) is 15.5 Å². The molecule has 0 spiro atoms. The second-order valence-electron chi connectivity index (χ2n) is 6.20. The molecule has 2 aromatic heterocycles. The number of hydrogen-bond donors (Lipinski definition) is 1. The molecule has 1 N–H and O–H groups in total. The smallest absolute Gasteiger partial charge is 0.260 e. The molecule has 27 heavy (non-hydrogen) atoms. The second kappa shape index (κ2) is 6.92. The lowest BCUT2D eigenvalue weighted by Gasteiger charge is -2.09. The number of hydrogen-bond acceptors (Lipinski definition) is 5. The predicted octanol–water partition coefficient (Wildman–Crippen LogP) is 4.87. The van der Waals surface area contributed by atoms with Gasteiger partial charge in [0.1, 0.15) is 0 Å². The third kappa shape index (κ3) is 3.37. The summed E-state index contributed by atoms with van der Waals surface area (Å²) < 4.78 is 10.7. The molecule has 0 saturated heterocycles. The fraction of sp³-hybridized carbons (Fsp3) is 0.0952. The summed E-state index contributed by atoms with van der Waals surface area (Å²) in [5.74, 6) is 0.973. The Morgan fingerprint density at radius 2 is 1.85 bits per heavy atom. The van der Waals surface area contributed by atoms with Gasteiger partial charge in [-0.25, -0.2) is 0 Å². The van der Waals surface area contributed by atoms with Gasteiger partial charge in [-0.2, -0.15) is 4.98 Å². The van der Waals surface area contributed by atoms with Crippen molar-refractivity contribution in [2.45, 2.75) is 13.8 Å². The van der Waals surface area contributed by atoms with E-state index in [-0.39, 0.29) is 5.91 Å². The standard InChI is InChI=1S/C21H17N3O3/c1-13-9-10-15(12-14(13)2)20(25)22-17-7-4-3-6-16(17)21-23-19(24-27-21)18-8-5-11-26-18/h3-12H,1-2H3,(H,22,25). The molecule has 0 aliphatic rings. The number of benzene rings is 2. The molecule has 134 valence electrons. The first-order chi connectivity index (χ1) is 13.1. The van der Waals surface area contributed by atoms with Crippen LogP contribution < -0.4 is 5.32 Å². The van der Waals surface area contributed by atoms with Crippen molar-refractivity contribution in [2.75, 3.05) is 5.32 Å². The van der Waals surface area contributed by atoms with Crippen molar-refractivity contribution >= 4 is 11.6 Å². The highest BCUT2D eigenvalue weighted by atomic mass is 16.5. The highest BCUT2D eigenvalue weighted by Crippen LogP contribution is 2.29. The first-order valence-electron chi connectivity index (χ1n) is 8.47. The van der Waals surface area contributed by atoms with Gasteiger partial charge in [0.05, 0.1) is 17.5 Å². The van der Waals surface area contributed by atoms with Gasteiger partial charge in [0.25, 0.3) is 11.8 Å². The van der Waals surface area contributed by atoms with E-state index in [4.69, 9.17) is 8.94 Å². The third-order valence-corrected chi connectivity index (χ3v) is 4.34. The van der Waals surface area contributed by atoms with Crippen molar-refractivity contribution in [3.8, 4) is 23.0 Å². The number of amides is 1. The van der Waals surface area contributed by atoms with Crippen molar-refractivity contribution < 1.29 is 13.7 Å². The van der Waals surface area contributed by atoms with Crippen molar-refractivity contribution in [2.24, 2.45) is 0 Å². The normalized spacial score (nSPS) is 10.7. The summed E-state index contributed by atoms with van der Waals surface area (Å²) in [6.07, 6.45) is 1.54. The van der Waals surface area contributed by atoms with Crippen LogP contribution in [0.4, 0.5) is 5.69 Å². The zero-order valence-corrected chi connectivity index (χ0v) is 14.9. The van der Waals surface area contributed by atoms with Crippen LogP contribution in [0.15, 0.2) is 69.8 Å². The third-order valence-electron chi connectivity index (χ3n) is 4.34. The Morgan fingerprint density at radius 1 is 1.00 bits per heavy atom. The molecule has 0 radical (unpaired) electrons. The molecular formula is C21H17N3O3. The number of rotatable bonds is 4. The van der Waals surface area contributed by atoms with Gasteiger partial charge in [0.2, 0.25) is 5.82 Å². The van der Waals surface area contributed by atoms with Gasteiger partial charge in [-0.3, -0.25) is 4.79 Å². The topological polar surface area (TPSA) is 81.2 Å². The molecular weight excluding hydrogens is 342 g/mol. The molecule has 4 rings (SSSR count). The van der Waals surface area contributed by atoms with E-state index in [9.17, 15) is 4.79 Å². The minimum atomic E-state index is -0.198. The molecule has 2 aromatic carbocycles. The lowest BCUT2D eigenvalue weighted by molar-refractivity contribution is 0.102. The van der Waals surface area contributed by atoms with Crippen LogP contribution in [0.5, 0.6) is 0 Å². The van der Waals surface area contributed by atoms with Crippen LogP contribution in [-0.2, 0) is 0 Å². The zero-order chi connectivity index (χ0) is 18.8. The maximum atomic E-state index is 12.7. The van der Waals surface area contributed by atoms with E-state index >= 15 is 0 Å². The quantitative estimate of drug-likeness (QED) is 0.562. The summed E-state index contributed by atoms with van der Waals surface area (Å²) in [5, 5.41) is 6.87. The first-order valence-corrected chi connectivity index (χ1v) is 8.47. The average Bonchev–Trinajstić information content (AvgIpc) is 3.35. The van der Waals surface area contributed by atoms with Crippen LogP contribution in [0.3, 0.4) is 0 Å². The Hall–Kier alpha value is -3.67. The number of nitrogens with zero attached hydrogens (tertiary/aromatic N) is 2. The van der Waals surface area contributed by atoms with Crippen LogP contribution in [-0.4, -0.2) is 16.0 Å². The van der Waals surface area contributed by atoms with Gasteiger partial charge in [-0.15, -0.1) is 0 Å². The number of furan rings is 1. The lowest BCUT2D eigenvalue weighted by Crippen LogP contribution is -2.13. The summed E-state index contributed by atoms with van der Waals surface area (Å²) in [6, 6.07) is 16.4. The number of carbonyl (C=O) groups is 1. The molecule has 6 heteroatoms. The number of para-hydroxylation sites is 1. The highest BCUT2D eigenvalue weighted by molar-refractivity contribution is 6.06. The van der Waals surface area contributed by atoms with Crippen molar-refractivity contribution in [1.82, 2.24) is 10.1 Å². The van der Waals surface area contributed by atoms with E-state index in [1.54, 1.807) is 24.5 Å².